The quantitative estimate of drug-likeness (QED) is 0.618. The van der Waals surface area contributed by atoms with Crippen LogP contribution in [-0.2, 0) is 4.79 Å². The number of fused-ring (bicyclic) bond motifs is 1. The smallest absolute Gasteiger partial charge is 0.241 e. The Labute approximate surface area is 181 Å². The number of hydrogen-bond donors (Lipinski definition) is 2. The minimum absolute atomic E-state index is 0.00279. The lowest BCUT2D eigenvalue weighted by Crippen LogP contribution is -2.41. The van der Waals surface area contributed by atoms with E-state index in [4.69, 9.17) is 22.1 Å². The van der Waals surface area contributed by atoms with Crippen LogP contribution >= 0.6 is 11.6 Å². The number of halogens is 1. The van der Waals surface area contributed by atoms with Crippen molar-refractivity contribution in [3.05, 3.63) is 59.2 Å². The molecule has 7 heteroatoms. The third-order valence-electron chi connectivity index (χ3n) is 5.36. The Hall–Kier alpha value is -2.83. The van der Waals surface area contributed by atoms with Gasteiger partial charge in [0.2, 0.25) is 5.91 Å². The van der Waals surface area contributed by atoms with Crippen LogP contribution in [0.2, 0.25) is 5.02 Å². The lowest BCUT2D eigenvalue weighted by Gasteiger charge is -2.23. The molecule has 0 unspecified atom stereocenters. The van der Waals surface area contributed by atoms with E-state index in [2.05, 4.69) is 15.2 Å². The van der Waals surface area contributed by atoms with Gasteiger partial charge in [0.25, 0.3) is 0 Å². The number of ether oxygens (including phenoxy) is 1. The van der Waals surface area contributed by atoms with Crippen molar-refractivity contribution < 1.29 is 9.53 Å². The maximum absolute atomic E-state index is 12.9. The second-order valence-corrected chi connectivity index (χ2v) is 8.01. The summed E-state index contributed by atoms with van der Waals surface area (Å²) in [6.45, 7) is 4.00. The van der Waals surface area contributed by atoms with E-state index in [0.717, 1.165) is 47.4 Å². The Morgan fingerprint density at radius 1 is 1.27 bits per heavy atom. The minimum atomic E-state index is -0.164. The Bertz CT molecular complexity index is 1060. The van der Waals surface area contributed by atoms with Crippen molar-refractivity contribution in [3.8, 4) is 5.75 Å². The van der Waals surface area contributed by atoms with E-state index in [9.17, 15) is 4.79 Å². The molecule has 3 N–H and O–H groups in total. The number of carbonyl (C=O) groups excluding carboxylic acids is 1. The van der Waals surface area contributed by atoms with Crippen molar-refractivity contribution in [1.29, 1.82) is 0 Å². The van der Waals surface area contributed by atoms with Crippen LogP contribution in [0.15, 0.2) is 48.5 Å². The highest BCUT2D eigenvalue weighted by molar-refractivity contribution is 6.30. The van der Waals surface area contributed by atoms with Gasteiger partial charge in [0.15, 0.2) is 0 Å². The van der Waals surface area contributed by atoms with Gasteiger partial charge in [0.1, 0.15) is 12.4 Å². The molecule has 30 heavy (non-hydrogen) atoms. The number of anilines is 2. The first kappa shape index (κ1) is 20.4. The Kier molecular flexibility index (Phi) is 6.06. The second kappa shape index (κ2) is 8.90. The molecule has 1 aromatic heterocycles. The van der Waals surface area contributed by atoms with Gasteiger partial charge >= 0.3 is 0 Å². The summed E-state index contributed by atoms with van der Waals surface area (Å²) in [5.74, 6) is 0.772. The summed E-state index contributed by atoms with van der Waals surface area (Å²) in [5.41, 5.74) is 9.22. The molecule has 1 atom stereocenters. The number of nitrogens with two attached hydrogens (primary N) is 1. The fourth-order valence-electron chi connectivity index (χ4n) is 3.90. The van der Waals surface area contributed by atoms with Gasteiger partial charge in [0.05, 0.1) is 11.6 Å². The number of pyridine rings is 1. The van der Waals surface area contributed by atoms with Gasteiger partial charge in [-0.3, -0.25) is 14.7 Å². The third-order valence-corrected chi connectivity index (χ3v) is 5.62. The number of aromatic nitrogens is 1. The maximum atomic E-state index is 12.9. The number of rotatable bonds is 6. The molecule has 0 bridgehead atoms. The number of nitrogens with one attached hydrogen (secondary N) is 1. The summed E-state index contributed by atoms with van der Waals surface area (Å²) >= 11 is 5.90. The molecule has 0 spiro atoms. The zero-order valence-electron chi connectivity index (χ0n) is 16.9. The van der Waals surface area contributed by atoms with E-state index in [-0.39, 0.29) is 11.9 Å². The number of likely N-dealkylation sites (tertiary alicyclic amines) is 1. The topological polar surface area (TPSA) is 80.5 Å². The molecule has 156 valence electrons. The molecule has 0 aliphatic carbocycles. The first-order valence-electron chi connectivity index (χ1n) is 10.1. The lowest BCUT2D eigenvalue weighted by molar-refractivity contribution is -0.120. The number of hydrogen-bond acceptors (Lipinski definition) is 5. The van der Waals surface area contributed by atoms with Crippen LogP contribution in [0.3, 0.4) is 0 Å². The molecule has 2 heterocycles. The van der Waals surface area contributed by atoms with Crippen molar-refractivity contribution in [2.24, 2.45) is 0 Å². The first-order chi connectivity index (χ1) is 14.5. The van der Waals surface area contributed by atoms with Gasteiger partial charge in [-0.15, -0.1) is 0 Å². The Balaban J connectivity index is 1.37. The van der Waals surface area contributed by atoms with Crippen LogP contribution in [0.4, 0.5) is 11.4 Å². The Morgan fingerprint density at radius 3 is 2.87 bits per heavy atom. The van der Waals surface area contributed by atoms with Gasteiger partial charge in [-0.25, -0.2) is 0 Å². The van der Waals surface area contributed by atoms with Gasteiger partial charge < -0.3 is 15.8 Å². The molecule has 3 aromatic rings. The van der Waals surface area contributed by atoms with E-state index in [1.54, 1.807) is 12.1 Å². The number of benzene rings is 2. The van der Waals surface area contributed by atoms with E-state index in [1.165, 1.54) is 0 Å². The highest BCUT2D eigenvalue weighted by Crippen LogP contribution is 2.25. The molecule has 1 saturated heterocycles. The second-order valence-electron chi connectivity index (χ2n) is 7.57. The van der Waals surface area contributed by atoms with E-state index >= 15 is 0 Å². The monoisotopic (exact) mass is 424 g/mol. The molecule has 2 aromatic carbocycles. The van der Waals surface area contributed by atoms with Crippen LogP contribution in [-0.4, -0.2) is 41.5 Å². The van der Waals surface area contributed by atoms with Crippen molar-refractivity contribution >= 4 is 39.8 Å². The summed E-state index contributed by atoms with van der Waals surface area (Å²) < 4.78 is 5.79. The predicted molar refractivity (Wildman–Crippen MR) is 121 cm³/mol. The minimum Gasteiger partial charge on any atom is -0.492 e. The number of nitrogen functional groups attached to an aromatic ring is 1. The number of aryl methyl sites for hydroxylation is 1. The molecule has 4 rings (SSSR count). The Morgan fingerprint density at radius 2 is 2.07 bits per heavy atom. The highest BCUT2D eigenvalue weighted by atomic mass is 35.5. The summed E-state index contributed by atoms with van der Waals surface area (Å²) in [4.78, 5) is 19.6. The number of carbonyl (C=O) groups is 1. The molecule has 1 aliphatic rings. The van der Waals surface area contributed by atoms with Gasteiger partial charge in [-0.2, -0.15) is 0 Å². The van der Waals surface area contributed by atoms with Crippen LogP contribution in [0.1, 0.15) is 18.5 Å². The van der Waals surface area contributed by atoms with Crippen molar-refractivity contribution in [3.63, 3.8) is 0 Å². The highest BCUT2D eigenvalue weighted by Gasteiger charge is 2.30. The largest absolute Gasteiger partial charge is 0.492 e. The predicted octanol–water partition coefficient (Wildman–Crippen LogP) is 4.26. The third kappa shape index (κ3) is 4.66. The van der Waals surface area contributed by atoms with Gasteiger partial charge in [0, 0.05) is 34.0 Å². The summed E-state index contributed by atoms with van der Waals surface area (Å²) in [5, 5.41) is 4.57. The summed E-state index contributed by atoms with van der Waals surface area (Å²) in [7, 11) is 0. The van der Waals surface area contributed by atoms with Gasteiger partial charge in [-0.05, 0) is 74.8 Å². The van der Waals surface area contributed by atoms with E-state index in [0.29, 0.717) is 23.9 Å². The molecule has 6 nitrogen and oxygen atoms in total. The van der Waals surface area contributed by atoms with Crippen LogP contribution in [0.25, 0.3) is 10.9 Å². The van der Waals surface area contributed by atoms with Gasteiger partial charge in [-0.1, -0.05) is 11.6 Å². The van der Waals surface area contributed by atoms with Crippen LogP contribution in [0, 0.1) is 6.92 Å². The van der Waals surface area contributed by atoms with Crippen molar-refractivity contribution in [2.45, 2.75) is 25.8 Å². The van der Waals surface area contributed by atoms with E-state index < -0.39 is 0 Å². The SMILES string of the molecule is Cc1cc(N)c2cc(NC(=O)[C@H]3CCCN3CCOc3ccc(Cl)cc3)ccc2n1. The fourth-order valence-corrected chi connectivity index (χ4v) is 4.02. The first-order valence-corrected chi connectivity index (χ1v) is 10.5. The molecule has 1 amide bonds. The molecule has 1 aliphatic heterocycles. The molecule has 0 radical (unpaired) electrons. The molecule has 1 fully saturated rings. The summed E-state index contributed by atoms with van der Waals surface area (Å²) in [6.07, 6.45) is 1.83. The molecule has 0 saturated carbocycles. The van der Waals surface area contributed by atoms with E-state index in [1.807, 2.05) is 43.3 Å². The standard InChI is InChI=1S/C23H25ClN4O2/c1-15-13-20(25)19-14-17(6-9-21(19)26-15)27-23(29)22-3-2-10-28(22)11-12-30-18-7-4-16(24)5-8-18/h4-9,13-14,22H,2-3,10-12H2,1H3,(H2,25,26)(H,27,29)/t22-/m1/s1. The molecular formula is C23H25ClN4O2. The average molecular weight is 425 g/mol. The zero-order valence-corrected chi connectivity index (χ0v) is 17.7. The lowest BCUT2D eigenvalue weighted by atomic mass is 10.1. The van der Waals surface area contributed by atoms with Crippen LogP contribution in [0.5, 0.6) is 5.75 Å². The normalized spacial score (nSPS) is 16.7. The number of amides is 1. The van der Waals surface area contributed by atoms with Crippen molar-refractivity contribution in [2.75, 3.05) is 30.7 Å². The van der Waals surface area contributed by atoms with Crippen LogP contribution < -0.4 is 15.8 Å². The maximum Gasteiger partial charge on any atom is 0.241 e. The summed E-state index contributed by atoms with van der Waals surface area (Å²) in [6, 6.07) is 14.6. The average Bonchev–Trinajstić information content (AvgIpc) is 3.18. The van der Waals surface area contributed by atoms with Crippen molar-refractivity contribution in [1.82, 2.24) is 9.88 Å². The number of nitrogens with zero attached hydrogens (tertiary/aromatic N) is 2. The zero-order chi connectivity index (χ0) is 21.1. The molecular weight excluding hydrogens is 400 g/mol. The fraction of sp³-hybridized carbons (Fsp3) is 0.304.